The van der Waals surface area contributed by atoms with Crippen molar-refractivity contribution in [1.29, 1.82) is 0 Å². The van der Waals surface area contributed by atoms with E-state index in [0.29, 0.717) is 5.56 Å². The summed E-state index contributed by atoms with van der Waals surface area (Å²) in [5, 5.41) is 9.65. The van der Waals surface area contributed by atoms with Gasteiger partial charge in [0.15, 0.2) is 0 Å². The number of rotatable bonds is 1. The fraction of sp³-hybridized carbons (Fsp3) is 0.100. The number of carbonyl (C=O) groups is 1. The third kappa shape index (κ3) is 1.18. The molecule has 0 spiro atoms. The van der Waals surface area contributed by atoms with E-state index in [2.05, 4.69) is 4.98 Å². The normalized spacial score (nSPS) is 10.5. The molecule has 0 aliphatic carbocycles. The van der Waals surface area contributed by atoms with Crippen molar-refractivity contribution in [3.05, 3.63) is 35.5 Å². The average Bonchev–Trinajstić information content (AvgIpc) is 2.43. The lowest BCUT2D eigenvalue weighted by atomic mass is 10.1. The molecule has 3 nitrogen and oxygen atoms in total. The Hall–Kier alpha value is -1.77. The van der Waals surface area contributed by atoms with Gasteiger partial charge in [0.25, 0.3) is 0 Å². The van der Waals surface area contributed by atoms with Crippen LogP contribution >= 0.6 is 0 Å². The maximum Gasteiger partial charge on any atom is 0.336 e. The predicted octanol–water partition coefficient (Wildman–Crippen LogP) is 2.17. The minimum atomic E-state index is -0.885. The summed E-state index contributed by atoms with van der Waals surface area (Å²) in [6, 6.07) is 7.06. The number of carboxylic acid groups (broad SMARTS) is 1. The second-order valence-electron chi connectivity index (χ2n) is 3.02. The zero-order chi connectivity index (χ0) is 9.42. The molecule has 0 unspecified atom stereocenters. The third-order valence-corrected chi connectivity index (χ3v) is 2.03. The summed E-state index contributed by atoms with van der Waals surface area (Å²) < 4.78 is 0. The topological polar surface area (TPSA) is 53.1 Å². The number of fused-ring (bicyclic) bond motifs is 1. The highest BCUT2D eigenvalue weighted by Crippen LogP contribution is 2.19. The van der Waals surface area contributed by atoms with Crippen LogP contribution in [0.1, 0.15) is 16.1 Å². The van der Waals surface area contributed by atoms with Gasteiger partial charge in [0.1, 0.15) is 0 Å². The van der Waals surface area contributed by atoms with Gasteiger partial charge in [0, 0.05) is 16.6 Å². The molecule has 1 aromatic heterocycles. The van der Waals surface area contributed by atoms with Gasteiger partial charge in [-0.1, -0.05) is 6.07 Å². The summed E-state index contributed by atoms with van der Waals surface area (Å²) >= 11 is 0. The fourth-order valence-corrected chi connectivity index (χ4v) is 1.48. The minimum Gasteiger partial charge on any atom is -0.478 e. The molecule has 0 atom stereocenters. The van der Waals surface area contributed by atoms with Gasteiger partial charge in [-0.15, -0.1) is 0 Å². The molecular weight excluding hydrogens is 166 g/mol. The number of hydrogen-bond acceptors (Lipinski definition) is 1. The molecule has 0 radical (unpaired) electrons. The first-order valence-electron chi connectivity index (χ1n) is 4.00. The Bertz CT molecular complexity index is 471. The summed E-state index contributed by atoms with van der Waals surface area (Å²) in [4.78, 5) is 13.9. The van der Waals surface area contributed by atoms with Crippen molar-refractivity contribution in [3.63, 3.8) is 0 Å². The highest BCUT2D eigenvalue weighted by atomic mass is 16.4. The lowest BCUT2D eigenvalue weighted by molar-refractivity contribution is 0.0699. The lowest BCUT2D eigenvalue weighted by Gasteiger charge is -1.94. The molecular formula is C10H9NO2. The molecule has 0 bridgehead atoms. The number of nitrogens with one attached hydrogen (secondary N) is 1. The maximum absolute atomic E-state index is 10.8. The van der Waals surface area contributed by atoms with Gasteiger partial charge in [-0.3, -0.25) is 0 Å². The molecule has 0 saturated heterocycles. The van der Waals surface area contributed by atoms with Crippen LogP contribution in [0.15, 0.2) is 24.3 Å². The van der Waals surface area contributed by atoms with Crippen LogP contribution in [0, 0.1) is 6.92 Å². The van der Waals surface area contributed by atoms with Crippen molar-refractivity contribution in [2.24, 2.45) is 0 Å². The predicted molar refractivity (Wildman–Crippen MR) is 50.0 cm³/mol. The van der Waals surface area contributed by atoms with Crippen molar-refractivity contribution < 1.29 is 9.90 Å². The highest BCUT2D eigenvalue weighted by molar-refractivity contribution is 6.03. The maximum atomic E-state index is 10.8. The van der Waals surface area contributed by atoms with E-state index in [1.807, 2.05) is 19.1 Å². The molecule has 0 aliphatic heterocycles. The Morgan fingerprint density at radius 2 is 2.23 bits per heavy atom. The molecule has 1 aromatic carbocycles. The van der Waals surface area contributed by atoms with E-state index >= 15 is 0 Å². The molecule has 2 aromatic rings. The van der Waals surface area contributed by atoms with E-state index in [1.54, 1.807) is 12.1 Å². The summed E-state index contributed by atoms with van der Waals surface area (Å²) in [7, 11) is 0. The van der Waals surface area contributed by atoms with Crippen LogP contribution in [0.25, 0.3) is 10.9 Å². The third-order valence-electron chi connectivity index (χ3n) is 2.03. The van der Waals surface area contributed by atoms with Gasteiger partial charge in [-0.2, -0.15) is 0 Å². The zero-order valence-corrected chi connectivity index (χ0v) is 7.16. The van der Waals surface area contributed by atoms with E-state index in [1.165, 1.54) is 0 Å². The Morgan fingerprint density at radius 3 is 2.92 bits per heavy atom. The Morgan fingerprint density at radius 1 is 1.46 bits per heavy atom. The second-order valence-corrected chi connectivity index (χ2v) is 3.02. The molecule has 1 heterocycles. The zero-order valence-electron chi connectivity index (χ0n) is 7.16. The first kappa shape index (κ1) is 7.86. The SMILES string of the molecule is Cc1cc2c(C(=O)O)cccc2[nH]1. The second kappa shape index (κ2) is 2.62. The average molecular weight is 175 g/mol. The van der Waals surface area contributed by atoms with Crippen LogP contribution in [0.3, 0.4) is 0 Å². The van der Waals surface area contributed by atoms with Gasteiger partial charge in [0.2, 0.25) is 0 Å². The number of aromatic carboxylic acids is 1. The van der Waals surface area contributed by atoms with Crippen molar-refractivity contribution in [2.75, 3.05) is 0 Å². The van der Waals surface area contributed by atoms with Crippen LogP contribution in [-0.2, 0) is 0 Å². The standard InChI is InChI=1S/C10H9NO2/c1-6-5-8-7(10(12)13)3-2-4-9(8)11-6/h2-5,11H,1H3,(H,12,13). The fourth-order valence-electron chi connectivity index (χ4n) is 1.48. The monoisotopic (exact) mass is 175 g/mol. The smallest absolute Gasteiger partial charge is 0.336 e. The molecule has 13 heavy (non-hydrogen) atoms. The van der Waals surface area contributed by atoms with E-state index in [0.717, 1.165) is 16.6 Å². The Kier molecular flexibility index (Phi) is 1.59. The molecule has 0 amide bonds. The Labute approximate surface area is 75.0 Å². The van der Waals surface area contributed by atoms with Crippen molar-refractivity contribution in [3.8, 4) is 0 Å². The summed E-state index contributed by atoms with van der Waals surface area (Å²) in [5.41, 5.74) is 2.20. The van der Waals surface area contributed by atoms with Gasteiger partial charge < -0.3 is 10.1 Å². The summed E-state index contributed by atoms with van der Waals surface area (Å²) in [5.74, 6) is -0.885. The van der Waals surface area contributed by atoms with E-state index in [-0.39, 0.29) is 0 Å². The first-order valence-corrected chi connectivity index (χ1v) is 4.00. The quantitative estimate of drug-likeness (QED) is 0.697. The number of aryl methyl sites for hydroxylation is 1. The van der Waals surface area contributed by atoms with Crippen LogP contribution in [0.5, 0.6) is 0 Å². The number of hydrogen-bond donors (Lipinski definition) is 2. The Balaban J connectivity index is 2.82. The number of aromatic nitrogens is 1. The minimum absolute atomic E-state index is 0.349. The van der Waals surface area contributed by atoms with E-state index in [4.69, 9.17) is 5.11 Å². The van der Waals surface area contributed by atoms with Crippen LogP contribution in [0.4, 0.5) is 0 Å². The van der Waals surface area contributed by atoms with Crippen molar-refractivity contribution in [1.82, 2.24) is 4.98 Å². The first-order chi connectivity index (χ1) is 6.18. The summed E-state index contributed by atoms with van der Waals surface area (Å²) in [6.07, 6.45) is 0. The number of carboxylic acids is 1. The van der Waals surface area contributed by atoms with E-state index in [9.17, 15) is 4.79 Å². The van der Waals surface area contributed by atoms with Gasteiger partial charge in [0.05, 0.1) is 5.56 Å². The van der Waals surface area contributed by atoms with Crippen LogP contribution in [0.2, 0.25) is 0 Å². The molecule has 2 N–H and O–H groups in total. The lowest BCUT2D eigenvalue weighted by Crippen LogP contribution is -1.95. The number of benzene rings is 1. The van der Waals surface area contributed by atoms with Crippen LogP contribution in [-0.4, -0.2) is 16.1 Å². The van der Waals surface area contributed by atoms with Crippen LogP contribution < -0.4 is 0 Å². The van der Waals surface area contributed by atoms with Gasteiger partial charge >= 0.3 is 5.97 Å². The number of aromatic amines is 1. The summed E-state index contributed by atoms with van der Waals surface area (Å²) in [6.45, 7) is 1.91. The van der Waals surface area contributed by atoms with Crippen molar-refractivity contribution in [2.45, 2.75) is 6.92 Å². The highest BCUT2D eigenvalue weighted by Gasteiger charge is 2.08. The largest absolute Gasteiger partial charge is 0.478 e. The van der Waals surface area contributed by atoms with Gasteiger partial charge in [-0.25, -0.2) is 4.79 Å². The molecule has 0 aliphatic rings. The molecule has 2 rings (SSSR count). The number of H-pyrrole nitrogens is 1. The van der Waals surface area contributed by atoms with E-state index < -0.39 is 5.97 Å². The molecule has 0 fully saturated rings. The molecule has 66 valence electrons. The molecule has 3 heteroatoms. The van der Waals surface area contributed by atoms with Gasteiger partial charge in [-0.05, 0) is 25.1 Å². The molecule has 0 saturated carbocycles. The van der Waals surface area contributed by atoms with Crippen molar-refractivity contribution >= 4 is 16.9 Å².